The molecule has 0 unspecified atom stereocenters. The molecule has 0 spiro atoms. The monoisotopic (exact) mass is 394 g/mol. The summed E-state index contributed by atoms with van der Waals surface area (Å²) in [6, 6.07) is 8.31. The molecule has 4 nitrogen and oxygen atoms in total. The normalized spacial score (nSPS) is 25.5. The van der Waals surface area contributed by atoms with Crippen molar-refractivity contribution in [2.75, 3.05) is 32.8 Å². The second-order valence-electron chi connectivity index (χ2n) is 6.99. The van der Waals surface area contributed by atoms with E-state index in [0.717, 1.165) is 48.4 Å². The first-order valence-corrected chi connectivity index (χ1v) is 9.83. The van der Waals surface area contributed by atoms with Gasteiger partial charge >= 0.3 is 0 Å². The van der Waals surface area contributed by atoms with Gasteiger partial charge in [0.2, 0.25) is 0 Å². The fraction of sp³-hybridized carbons (Fsp3) is 0.632. The van der Waals surface area contributed by atoms with Gasteiger partial charge in [0.1, 0.15) is 5.75 Å². The van der Waals surface area contributed by atoms with Crippen molar-refractivity contribution in [3.8, 4) is 5.75 Å². The highest BCUT2D eigenvalue weighted by Gasteiger charge is 2.30. The summed E-state index contributed by atoms with van der Waals surface area (Å²) in [5.74, 6) is 1.62. The van der Waals surface area contributed by atoms with Gasteiger partial charge in [0.15, 0.2) is 6.61 Å². The molecule has 0 N–H and O–H groups in total. The van der Waals surface area contributed by atoms with Gasteiger partial charge < -0.3 is 9.64 Å². The predicted molar refractivity (Wildman–Crippen MR) is 99.2 cm³/mol. The number of carbonyl (C=O) groups excluding carboxylic acids is 1. The topological polar surface area (TPSA) is 32.8 Å². The minimum atomic E-state index is 0.0919. The van der Waals surface area contributed by atoms with Gasteiger partial charge in [-0.05, 0) is 43.0 Å². The van der Waals surface area contributed by atoms with Gasteiger partial charge in [-0.25, -0.2) is 0 Å². The van der Waals surface area contributed by atoms with E-state index in [4.69, 9.17) is 4.74 Å². The zero-order valence-electron chi connectivity index (χ0n) is 14.4. The zero-order valence-corrected chi connectivity index (χ0v) is 16.0. The molecule has 1 aliphatic carbocycles. The van der Waals surface area contributed by atoms with Crippen molar-refractivity contribution in [3.63, 3.8) is 0 Å². The van der Waals surface area contributed by atoms with Crippen LogP contribution in [0.3, 0.4) is 0 Å². The predicted octanol–water partition coefficient (Wildman–Crippen LogP) is 3.55. The van der Waals surface area contributed by atoms with Crippen LogP contribution in [0.25, 0.3) is 0 Å². The van der Waals surface area contributed by atoms with Crippen molar-refractivity contribution in [2.45, 2.75) is 38.6 Å². The third-order valence-electron chi connectivity index (χ3n) is 5.38. The van der Waals surface area contributed by atoms with Crippen molar-refractivity contribution >= 4 is 21.8 Å². The Morgan fingerprint density at radius 1 is 1.12 bits per heavy atom. The Morgan fingerprint density at radius 2 is 1.79 bits per heavy atom. The summed E-state index contributed by atoms with van der Waals surface area (Å²) in [4.78, 5) is 16.9. The van der Waals surface area contributed by atoms with Crippen LogP contribution in [0, 0.1) is 5.92 Å². The number of hydrogen-bond acceptors (Lipinski definition) is 3. The minimum absolute atomic E-state index is 0.0919. The Balaban J connectivity index is 1.44. The van der Waals surface area contributed by atoms with Crippen molar-refractivity contribution < 1.29 is 9.53 Å². The summed E-state index contributed by atoms with van der Waals surface area (Å²) in [7, 11) is 0. The summed E-state index contributed by atoms with van der Waals surface area (Å²) < 4.78 is 6.62. The second-order valence-corrected chi connectivity index (χ2v) is 7.90. The van der Waals surface area contributed by atoms with Crippen molar-refractivity contribution in [2.24, 2.45) is 5.92 Å². The highest BCUT2D eigenvalue weighted by molar-refractivity contribution is 9.10. The number of piperazine rings is 1. The summed E-state index contributed by atoms with van der Waals surface area (Å²) >= 11 is 3.40. The number of halogens is 1. The van der Waals surface area contributed by atoms with Crippen molar-refractivity contribution in [1.29, 1.82) is 0 Å². The number of ether oxygens (including phenoxy) is 1. The Morgan fingerprint density at radius 3 is 2.46 bits per heavy atom. The maximum absolute atomic E-state index is 12.4. The molecule has 0 aromatic heterocycles. The van der Waals surface area contributed by atoms with Crippen LogP contribution >= 0.6 is 15.9 Å². The zero-order chi connectivity index (χ0) is 16.9. The molecule has 1 saturated carbocycles. The van der Waals surface area contributed by atoms with Gasteiger partial charge in [-0.1, -0.05) is 35.7 Å². The molecule has 2 aliphatic rings. The highest BCUT2D eigenvalue weighted by atomic mass is 79.9. The number of carbonyl (C=O) groups is 1. The molecule has 3 rings (SSSR count). The SMILES string of the molecule is C[C@H]1CCCC[C@H]1N1CCN(C(=O)COc2ccc(Br)cc2)CC1. The Labute approximate surface area is 153 Å². The summed E-state index contributed by atoms with van der Waals surface area (Å²) in [6.07, 6.45) is 5.41. The molecule has 24 heavy (non-hydrogen) atoms. The molecular weight excluding hydrogens is 368 g/mol. The van der Waals surface area contributed by atoms with Gasteiger partial charge in [-0.15, -0.1) is 0 Å². The molecule has 1 aromatic carbocycles. The molecular formula is C19H27BrN2O2. The van der Waals surface area contributed by atoms with Crippen molar-refractivity contribution in [3.05, 3.63) is 28.7 Å². The van der Waals surface area contributed by atoms with E-state index in [0.29, 0.717) is 0 Å². The molecule has 1 amide bonds. The fourth-order valence-corrected chi connectivity index (χ4v) is 4.17. The Bertz CT molecular complexity index is 541. The fourth-order valence-electron chi connectivity index (χ4n) is 3.91. The summed E-state index contributed by atoms with van der Waals surface area (Å²) in [5, 5.41) is 0. The van der Waals surface area contributed by atoms with Gasteiger partial charge in [0.05, 0.1) is 0 Å². The van der Waals surface area contributed by atoms with Crippen LogP contribution < -0.4 is 4.74 Å². The Hall–Kier alpha value is -1.07. The third-order valence-corrected chi connectivity index (χ3v) is 5.91. The average molecular weight is 395 g/mol. The van der Waals surface area contributed by atoms with E-state index >= 15 is 0 Å². The average Bonchev–Trinajstić information content (AvgIpc) is 2.61. The highest BCUT2D eigenvalue weighted by Crippen LogP contribution is 2.28. The van der Waals surface area contributed by atoms with E-state index in [1.165, 1.54) is 25.7 Å². The quantitative estimate of drug-likeness (QED) is 0.782. The second kappa shape index (κ2) is 8.34. The first-order chi connectivity index (χ1) is 11.6. The Kier molecular flexibility index (Phi) is 6.17. The summed E-state index contributed by atoms with van der Waals surface area (Å²) in [6.45, 7) is 6.16. The molecule has 1 heterocycles. The molecule has 0 bridgehead atoms. The van der Waals surface area contributed by atoms with Crippen LogP contribution in [0.1, 0.15) is 32.6 Å². The number of amides is 1. The van der Waals surface area contributed by atoms with Crippen LogP contribution in [-0.2, 0) is 4.79 Å². The number of rotatable bonds is 4. The number of nitrogens with zero attached hydrogens (tertiary/aromatic N) is 2. The first kappa shape index (κ1) is 17.7. The molecule has 1 aliphatic heterocycles. The molecule has 2 atom stereocenters. The third kappa shape index (κ3) is 4.51. The molecule has 1 aromatic rings. The van der Waals surface area contributed by atoms with Crippen molar-refractivity contribution in [1.82, 2.24) is 9.80 Å². The number of benzene rings is 1. The van der Waals surface area contributed by atoms with E-state index in [-0.39, 0.29) is 12.5 Å². The first-order valence-electron chi connectivity index (χ1n) is 9.03. The van der Waals surface area contributed by atoms with E-state index in [1.54, 1.807) is 0 Å². The molecule has 2 fully saturated rings. The van der Waals surface area contributed by atoms with E-state index in [2.05, 4.69) is 27.8 Å². The maximum Gasteiger partial charge on any atom is 0.260 e. The van der Waals surface area contributed by atoms with Crippen LogP contribution in [0.4, 0.5) is 0 Å². The number of hydrogen-bond donors (Lipinski definition) is 0. The summed E-state index contributed by atoms with van der Waals surface area (Å²) in [5.41, 5.74) is 0. The maximum atomic E-state index is 12.4. The lowest BCUT2D eigenvalue weighted by Gasteiger charge is -2.43. The van der Waals surface area contributed by atoms with Crippen LogP contribution in [-0.4, -0.2) is 54.5 Å². The van der Waals surface area contributed by atoms with E-state index < -0.39 is 0 Å². The largest absolute Gasteiger partial charge is 0.484 e. The standard InChI is InChI=1S/C19H27BrN2O2/c1-15-4-2-3-5-18(15)21-10-12-22(13-11-21)19(23)14-24-17-8-6-16(20)7-9-17/h6-9,15,18H,2-5,10-14H2,1H3/t15-,18+/m0/s1. The molecule has 1 saturated heterocycles. The molecule has 5 heteroatoms. The van der Waals surface area contributed by atoms with E-state index in [9.17, 15) is 4.79 Å². The van der Waals surface area contributed by atoms with Crippen LogP contribution in [0.2, 0.25) is 0 Å². The lowest BCUT2D eigenvalue weighted by atomic mass is 9.84. The van der Waals surface area contributed by atoms with Gasteiger partial charge in [-0.2, -0.15) is 0 Å². The van der Waals surface area contributed by atoms with Crippen LogP contribution in [0.15, 0.2) is 28.7 Å². The van der Waals surface area contributed by atoms with Gasteiger partial charge in [0.25, 0.3) is 5.91 Å². The minimum Gasteiger partial charge on any atom is -0.484 e. The lowest BCUT2D eigenvalue weighted by Crippen LogP contribution is -2.54. The van der Waals surface area contributed by atoms with Gasteiger partial charge in [0, 0.05) is 36.7 Å². The van der Waals surface area contributed by atoms with E-state index in [1.807, 2.05) is 29.2 Å². The lowest BCUT2D eigenvalue weighted by molar-refractivity contribution is -0.135. The molecule has 0 radical (unpaired) electrons. The van der Waals surface area contributed by atoms with Gasteiger partial charge in [-0.3, -0.25) is 9.69 Å². The van der Waals surface area contributed by atoms with Crippen LogP contribution in [0.5, 0.6) is 5.75 Å². The smallest absolute Gasteiger partial charge is 0.260 e. The molecule has 132 valence electrons.